The standard InChI is InChI=1S/C15H22N2O/c1-11-7-4-5-8-12(11)17-15(13(16)18)10-6-9-14(15,2)3/h4-5,7-8,17H,6,9-10H2,1-3H3,(H2,16,18). The predicted octanol–water partition coefficient (Wildman–Crippen LogP) is 2.84. The average molecular weight is 246 g/mol. The van der Waals surface area contributed by atoms with Gasteiger partial charge in [0.2, 0.25) is 5.91 Å². The Morgan fingerprint density at radius 2 is 1.94 bits per heavy atom. The van der Waals surface area contributed by atoms with E-state index in [1.165, 1.54) is 0 Å². The Labute approximate surface area is 109 Å². The highest BCUT2D eigenvalue weighted by Gasteiger charge is 2.53. The summed E-state index contributed by atoms with van der Waals surface area (Å²) in [5.74, 6) is -0.242. The quantitative estimate of drug-likeness (QED) is 0.861. The Morgan fingerprint density at radius 3 is 2.44 bits per heavy atom. The van der Waals surface area contributed by atoms with E-state index in [-0.39, 0.29) is 11.3 Å². The van der Waals surface area contributed by atoms with Crippen molar-refractivity contribution in [1.82, 2.24) is 0 Å². The SMILES string of the molecule is Cc1ccccc1NC1(C(N)=O)CCCC1(C)C. The molecule has 1 saturated carbocycles. The molecule has 0 heterocycles. The highest BCUT2D eigenvalue weighted by atomic mass is 16.1. The van der Waals surface area contributed by atoms with Crippen LogP contribution < -0.4 is 11.1 Å². The van der Waals surface area contributed by atoms with Crippen molar-refractivity contribution in [3.63, 3.8) is 0 Å². The first-order valence-electron chi connectivity index (χ1n) is 6.53. The van der Waals surface area contributed by atoms with Crippen LogP contribution in [-0.2, 0) is 4.79 Å². The largest absolute Gasteiger partial charge is 0.371 e. The van der Waals surface area contributed by atoms with Gasteiger partial charge in [0.25, 0.3) is 0 Å². The topological polar surface area (TPSA) is 55.1 Å². The summed E-state index contributed by atoms with van der Waals surface area (Å²) in [6.07, 6.45) is 2.87. The highest BCUT2D eigenvalue weighted by Crippen LogP contribution is 2.47. The average Bonchev–Trinajstić information content (AvgIpc) is 2.58. The zero-order chi connectivity index (χ0) is 13.4. The van der Waals surface area contributed by atoms with Gasteiger partial charge in [-0.3, -0.25) is 4.79 Å². The number of carbonyl (C=O) groups excluding carboxylic acids is 1. The number of hydrogen-bond donors (Lipinski definition) is 2. The molecule has 98 valence electrons. The fourth-order valence-corrected chi connectivity index (χ4v) is 3.04. The number of rotatable bonds is 3. The normalized spacial score (nSPS) is 25.9. The molecule has 1 fully saturated rings. The van der Waals surface area contributed by atoms with Crippen LogP contribution in [-0.4, -0.2) is 11.4 Å². The molecule has 1 amide bonds. The lowest BCUT2D eigenvalue weighted by Crippen LogP contribution is -2.57. The highest BCUT2D eigenvalue weighted by molar-refractivity contribution is 5.89. The molecule has 1 aliphatic carbocycles. The van der Waals surface area contributed by atoms with Crippen LogP contribution in [0.4, 0.5) is 5.69 Å². The lowest BCUT2D eigenvalue weighted by atomic mass is 9.74. The number of amides is 1. The van der Waals surface area contributed by atoms with Gasteiger partial charge >= 0.3 is 0 Å². The fourth-order valence-electron chi connectivity index (χ4n) is 3.04. The molecule has 1 aromatic rings. The predicted molar refractivity (Wildman–Crippen MR) is 74.4 cm³/mol. The van der Waals surface area contributed by atoms with E-state index < -0.39 is 5.54 Å². The van der Waals surface area contributed by atoms with Gasteiger partial charge in [-0.1, -0.05) is 32.0 Å². The Morgan fingerprint density at radius 1 is 1.28 bits per heavy atom. The van der Waals surface area contributed by atoms with E-state index in [4.69, 9.17) is 5.73 Å². The second-order valence-corrected chi connectivity index (χ2v) is 5.95. The Balaban J connectivity index is 2.40. The first kappa shape index (κ1) is 12.9. The Bertz CT molecular complexity index is 467. The van der Waals surface area contributed by atoms with Gasteiger partial charge in [0.05, 0.1) is 0 Å². The van der Waals surface area contributed by atoms with E-state index >= 15 is 0 Å². The van der Waals surface area contributed by atoms with Crippen molar-refractivity contribution in [1.29, 1.82) is 0 Å². The van der Waals surface area contributed by atoms with Crippen LogP contribution in [0.1, 0.15) is 38.7 Å². The van der Waals surface area contributed by atoms with E-state index in [2.05, 4.69) is 19.2 Å². The van der Waals surface area contributed by atoms with E-state index in [0.717, 1.165) is 30.5 Å². The van der Waals surface area contributed by atoms with Crippen LogP contribution in [0.5, 0.6) is 0 Å². The number of anilines is 1. The minimum Gasteiger partial charge on any atom is -0.371 e. The first-order chi connectivity index (χ1) is 8.39. The van der Waals surface area contributed by atoms with Crippen LogP contribution in [0.3, 0.4) is 0 Å². The van der Waals surface area contributed by atoms with E-state index in [0.29, 0.717) is 0 Å². The minimum absolute atomic E-state index is 0.110. The second-order valence-electron chi connectivity index (χ2n) is 5.95. The van der Waals surface area contributed by atoms with Crippen LogP contribution in [0.25, 0.3) is 0 Å². The summed E-state index contributed by atoms with van der Waals surface area (Å²) in [5, 5.41) is 3.44. The monoisotopic (exact) mass is 246 g/mol. The van der Waals surface area contributed by atoms with Crippen molar-refractivity contribution >= 4 is 11.6 Å². The van der Waals surface area contributed by atoms with Gasteiger partial charge in [0.15, 0.2) is 0 Å². The molecule has 0 radical (unpaired) electrons. The van der Waals surface area contributed by atoms with Gasteiger partial charge in [-0.05, 0) is 43.2 Å². The van der Waals surface area contributed by atoms with Crippen molar-refractivity contribution in [2.75, 3.05) is 5.32 Å². The summed E-state index contributed by atoms with van der Waals surface area (Å²) in [6, 6.07) is 8.02. The molecule has 18 heavy (non-hydrogen) atoms. The zero-order valence-electron chi connectivity index (χ0n) is 11.4. The van der Waals surface area contributed by atoms with Crippen molar-refractivity contribution in [2.45, 2.75) is 45.6 Å². The third-order valence-electron chi connectivity index (χ3n) is 4.42. The summed E-state index contributed by atoms with van der Waals surface area (Å²) >= 11 is 0. The van der Waals surface area contributed by atoms with E-state index in [1.807, 2.05) is 31.2 Å². The fraction of sp³-hybridized carbons (Fsp3) is 0.533. The minimum atomic E-state index is -0.626. The molecule has 1 aromatic carbocycles. The molecule has 0 aliphatic heterocycles. The lowest BCUT2D eigenvalue weighted by Gasteiger charge is -2.40. The molecular weight excluding hydrogens is 224 g/mol. The second kappa shape index (κ2) is 4.30. The van der Waals surface area contributed by atoms with Gasteiger partial charge in [-0.15, -0.1) is 0 Å². The Kier molecular flexibility index (Phi) is 3.09. The number of para-hydroxylation sites is 1. The zero-order valence-corrected chi connectivity index (χ0v) is 11.4. The number of nitrogens with one attached hydrogen (secondary N) is 1. The molecule has 0 saturated heterocycles. The smallest absolute Gasteiger partial charge is 0.243 e. The van der Waals surface area contributed by atoms with Gasteiger partial charge < -0.3 is 11.1 Å². The maximum absolute atomic E-state index is 12.0. The van der Waals surface area contributed by atoms with Crippen LogP contribution in [0.15, 0.2) is 24.3 Å². The molecule has 3 heteroatoms. The Hall–Kier alpha value is -1.51. The molecular formula is C15H22N2O. The van der Waals surface area contributed by atoms with E-state index in [1.54, 1.807) is 0 Å². The van der Waals surface area contributed by atoms with E-state index in [9.17, 15) is 4.79 Å². The number of carbonyl (C=O) groups is 1. The van der Waals surface area contributed by atoms with Crippen LogP contribution >= 0.6 is 0 Å². The summed E-state index contributed by atoms with van der Waals surface area (Å²) < 4.78 is 0. The van der Waals surface area contributed by atoms with Crippen molar-refractivity contribution in [3.05, 3.63) is 29.8 Å². The molecule has 1 unspecified atom stereocenters. The summed E-state index contributed by atoms with van der Waals surface area (Å²) in [5.41, 5.74) is 7.11. The summed E-state index contributed by atoms with van der Waals surface area (Å²) in [6.45, 7) is 6.28. The van der Waals surface area contributed by atoms with Crippen molar-refractivity contribution < 1.29 is 4.79 Å². The lowest BCUT2D eigenvalue weighted by molar-refractivity contribution is -0.125. The van der Waals surface area contributed by atoms with Crippen LogP contribution in [0, 0.1) is 12.3 Å². The molecule has 0 spiro atoms. The maximum Gasteiger partial charge on any atom is 0.243 e. The summed E-state index contributed by atoms with van der Waals surface area (Å²) in [7, 11) is 0. The summed E-state index contributed by atoms with van der Waals surface area (Å²) in [4.78, 5) is 12.0. The molecule has 3 nitrogen and oxygen atoms in total. The molecule has 0 aromatic heterocycles. The molecule has 1 atom stereocenters. The molecule has 3 N–H and O–H groups in total. The molecule has 1 aliphatic rings. The van der Waals surface area contributed by atoms with Gasteiger partial charge in [0, 0.05) is 5.69 Å². The van der Waals surface area contributed by atoms with Crippen molar-refractivity contribution in [3.8, 4) is 0 Å². The number of hydrogen-bond acceptors (Lipinski definition) is 2. The number of aryl methyl sites for hydroxylation is 1. The number of primary amides is 1. The molecule has 2 rings (SSSR count). The van der Waals surface area contributed by atoms with Gasteiger partial charge in [0.1, 0.15) is 5.54 Å². The maximum atomic E-state index is 12.0. The van der Waals surface area contributed by atoms with Gasteiger partial charge in [-0.25, -0.2) is 0 Å². The third-order valence-corrected chi connectivity index (χ3v) is 4.42. The third kappa shape index (κ3) is 1.88. The first-order valence-corrected chi connectivity index (χ1v) is 6.53. The van der Waals surface area contributed by atoms with Crippen LogP contribution in [0.2, 0.25) is 0 Å². The molecule has 0 bridgehead atoms. The van der Waals surface area contributed by atoms with Gasteiger partial charge in [-0.2, -0.15) is 0 Å². The number of nitrogens with two attached hydrogens (primary N) is 1. The number of benzene rings is 1. The van der Waals surface area contributed by atoms with Crippen molar-refractivity contribution in [2.24, 2.45) is 11.1 Å².